The van der Waals surface area contributed by atoms with Gasteiger partial charge in [0, 0.05) is 36.4 Å². The molecule has 1 saturated heterocycles. The average molecular weight is 497 g/mol. The average Bonchev–Trinajstić information content (AvgIpc) is 3.36. The number of rotatable bonds is 6. The van der Waals surface area contributed by atoms with Crippen LogP contribution < -0.4 is 20.5 Å². The van der Waals surface area contributed by atoms with Crippen LogP contribution in [-0.2, 0) is 4.74 Å². The highest BCUT2D eigenvalue weighted by Gasteiger charge is 2.21. The number of nitrogens with zero attached hydrogens (tertiary/aromatic N) is 3. The van der Waals surface area contributed by atoms with Gasteiger partial charge in [-0.05, 0) is 37.3 Å². The van der Waals surface area contributed by atoms with Crippen molar-refractivity contribution in [1.82, 2.24) is 19.9 Å². The number of aromatic amines is 2. The Morgan fingerprint density at radius 3 is 2.73 bits per heavy atom. The maximum absolute atomic E-state index is 13.5. The number of aromatic nitrogens is 4. The van der Waals surface area contributed by atoms with Gasteiger partial charge >= 0.3 is 0 Å². The maximum atomic E-state index is 13.5. The summed E-state index contributed by atoms with van der Waals surface area (Å²) in [4.78, 5) is 31.5. The first-order chi connectivity index (χ1) is 18.1. The molecule has 4 heterocycles. The van der Waals surface area contributed by atoms with Crippen LogP contribution >= 0.6 is 0 Å². The van der Waals surface area contributed by atoms with Crippen LogP contribution in [0.5, 0.6) is 5.75 Å². The number of imidazole rings is 1. The molecular weight excluding hydrogens is 468 g/mol. The molecule has 1 aliphatic rings. The molecule has 9 heteroatoms. The van der Waals surface area contributed by atoms with Crippen molar-refractivity contribution in [2.45, 2.75) is 13.0 Å². The SMILES string of the molecule is COc1ccnc(C(C)Nc2c(-c3nc4ccc(N5CCOCC5)cc4[nH]3)c(=O)[nH]c3ccccc23)c1. The minimum Gasteiger partial charge on any atom is -0.497 e. The summed E-state index contributed by atoms with van der Waals surface area (Å²) in [6.45, 7) is 5.14. The number of hydrogen-bond acceptors (Lipinski definition) is 7. The summed E-state index contributed by atoms with van der Waals surface area (Å²) in [6, 6.07) is 17.4. The Balaban J connectivity index is 1.46. The summed E-state index contributed by atoms with van der Waals surface area (Å²) in [6.07, 6.45) is 1.72. The minimum atomic E-state index is -0.223. The van der Waals surface area contributed by atoms with Gasteiger partial charge < -0.3 is 29.7 Å². The quantitative estimate of drug-likeness (QED) is 0.318. The number of morpholine rings is 1. The number of hydrogen-bond donors (Lipinski definition) is 3. The van der Waals surface area contributed by atoms with Crippen molar-refractivity contribution in [3.05, 3.63) is 76.8 Å². The fraction of sp³-hybridized carbons (Fsp3) is 0.250. The Morgan fingerprint density at radius 2 is 1.89 bits per heavy atom. The van der Waals surface area contributed by atoms with Crippen molar-refractivity contribution in [3.63, 3.8) is 0 Å². The second-order valence-electron chi connectivity index (χ2n) is 9.12. The Labute approximate surface area is 213 Å². The third-order valence-corrected chi connectivity index (χ3v) is 6.79. The van der Waals surface area contributed by atoms with E-state index in [4.69, 9.17) is 14.5 Å². The molecule has 0 saturated carbocycles. The molecule has 1 fully saturated rings. The third kappa shape index (κ3) is 4.38. The van der Waals surface area contributed by atoms with Crippen LogP contribution in [0.15, 0.2) is 65.6 Å². The first-order valence-electron chi connectivity index (χ1n) is 12.3. The second kappa shape index (κ2) is 9.59. The number of para-hydroxylation sites is 1. The number of nitrogens with one attached hydrogen (secondary N) is 3. The molecule has 2 aromatic carbocycles. The summed E-state index contributed by atoms with van der Waals surface area (Å²) < 4.78 is 10.9. The van der Waals surface area contributed by atoms with Crippen LogP contribution in [0.4, 0.5) is 11.4 Å². The van der Waals surface area contributed by atoms with Gasteiger partial charge in [0.05, 0.1) is 54.3 Å². The van der Waals surface area contributed by atoms with Crippen molar-refractivity contribution in [2.75, 3.05) is 43.6 Å². The summed E-state index contributed by atoms with van der Waals surface area (Å²) in [5.41, 5.74) is 5.26. The number of anilines is 2. The Bertz CT molecular complexity index is 1640. The molecule has 0 radical (unpaired) electrons. The molecule has 0 aliphatic carbocycles. The van der Waals surface area contributed by atoms with Gasteiger partial charge in [0.25, 0.3) is 5.56 Å². The van der Waals surface area contributed by atoms with Crippen molar-refractivity contribution in [1.29, 1.82) is 0 Å². The molecule has 1 unspecified atom stereocenters. The molecule has 9 nitrogen and oxygen atoms in total. The van der Waals surface area contributed by atoms with Crippen molar-refractivity contribution >= 4 is 33.3 Å². The van der Waals surface area contributed by atoms with E-state index >= 15 is 0 Å². The van der Waals surface area contributed by atoms with E-state index < -0.39 is 0 Å². The minimum absolute atomic E-state index is 0.198. The molecule has 37 heavy (non-hydrogen) atoms. The highest BCUT2D eigenvalue weighted by atomic mass is 16.5. The van der Waals surface area contributed by atoms with E-state index in [2.05, 4.69) is 37.3 Å². The molecule has 3 aromatic heterocycles. The van der Waals surface area contributed by atoms with Gasteiger partial charge in [-0.25, -0.2) is 4.98 Å². The topological polar surface area (TPSA) is 108 Å². The maximum Gasteiger partial charge on any atom is 0.261 e. The highest BCUT2D eigenvalue weighted by Crippen LogP contribution is 2.34. The molecule has 1 atom stereocenters. The fourth-order valence-corrected chi connectivity index (χ4v) is 4.84. The van der Waals surface area contributed by atoms with E-state index in [1.54, 1.807) is 13.3 Å². The summed E-state index contributed by atoms with van der Waals surface area (Å²) in [5, 5.41) is 4.44. The van der Waals surface area contributed by atoms with E-state index in [-0.39, 0.29) is 11.6 Å². The molecule has 3 N–H and O–H groups in total. The van der Waals surface area contributed by atoms with Gasteiger partial charge in [-0.1, -0.05) is 18.2 Å². The van der Waals surface area contributed by atoms with Crippen LogP contribution in [0.3, 0.4) is 0 Å². The largest absolute Gasteiger partial charge is 0.497 e. The normalized spacial score (nSPS) is 14.7. The van der Waals surface area contributed by atoms with E-state index in [1.807, 2.05) is 49.4 Å². The number of ether oxygens (including phenoxy) is 2. The third-order valence-electron chi connectivity index (χ3n) is 6.79. The lowest BCUT2D eigenvalue weighted by atomic mass is 10.1. The molecule has 1 aliphatic heterocycles. The number of methoxy groups -OCH3 is 1. The Kier molecular flexibility index (Phi) is 5.97. The number of pyridine rings is 2. The molecule has 0 spiro atoms. The monoisotopic (exact) mass is 496 g/mol. The van der Waals surface area contributed by atoms with Crippen LogP contribution in [0.25, 0.3) is 33.3 Å². The first kappa shape index (κ1) is 23.1. The lowest BCUT2D eigenvalue weighted by molar-refractivity contribution is 0.122. The zero-order valence-corrected chi connectivity index (χ0v) is 20.7. The van der Waals surface area contributed by atoms with Gasteiger partial charge in [-0.15, -0.1) is 0 Å². The van der Waals surface area contributed by atoms with Crippen molar-refractivity contribution < 1.29 is 9.47 Å². The van der Waals surface area contributed by atoms with Crippen LogP contribution in [-0.4, -0.2) is 53.3 Å². The second-order valence-corrected chi connectivity index (χ2v) is 9.12. The van der Waals surface area contributed by atoms with Crippen LogP contribution in [0.1, 0.15) is 18.7 Å². The molecule has 188 valence electrons. The fourth-order valence-electron chi connectivity index (χ4n) is 4.84. The zero-order valence-electron chi connectivity index (χ0n) is 20.7. The molecule has 0 bridgehead atoms. The number of benzene rings is 2. The Hall–Kier alpha value is -4.37. The summed E-state index contributed by atoms with van der Waals surface area (Å²) in [5.74, 6) is 1.23. The van der Waals surface area contributed by atoms with E-state index in [0.717, 1.165) is 52.2 Å². The zero-order chi connectivity index (χ0) is 25.4. The highest BCUT2D eigenvalue weighted by molar-refractivity contribution is 5.99. The van der Waals surface area contributed by atoms with Crippen molar-refractivity contribution in [2.24, 2.45) is 0 Å². The van der Waals surface area contributed by atoms with Gasteiger partial charge in [0.1, 0.15) is 17.1 Å². The molecular formula is C28H28N6O3. The van der Waals surface area contributed by atoms with E-state index in [1.165, 1.54) is 0 Å². The van der Waals surface area contributed by atoms with Crippen LogP contribution in [0, 0.1) is 0 Å². The number of fused-ring (bicyclic) bond motifs is 2. The molecule has 5 aromatic rings. The van der Waals surface area contributed by atoms with E-state index in [9.17, 15) is 4.79 Å². The van der Waals surface area contributed by atoms with Gasteiger partial charge in [0.15, 0.2) is 0 Å². The lowest BCUT2D eigenvalue weighted by Gasteiger charge is -2.28. The van der Waals surface area contributed by atoms with Crippen molar-refractivity contribution in [3.8, 4) is 17.1 Å². The Morgan fingerprint density at radius 1 is 1.05 bits per heavy atom. The number of H-pyrrole nitrogens is 2. The predicted octanol–water partition coefficient (Wildman–Crippen LogP) is 4.48. The van der Waals surface area contributed by atoms with E-state index in [0.29, 0.717) is 30.3 Å². The standard InChI is InChI=1S/C28H28N6O3/c1-17(23-16-19(36-2)9-10-29-23)30-26-20-5-3-4-6-21(20)33-28(35)25(26)27-31-22-8-7-18(15-24(22)32-27)34-11-13-37-14-12-34/h3-10,15-17H,11-14H2,1-2H3,(H,31,32)(H2,30,33,35). The van der Waals surface area contributed by atoms with Gasteiger partial charge in [-0.3, -0.25) is 9.78 Å². The molecule has 6 rings (SSSR count). The summed E-state index contributed by atoms with van der Waals surface area (Å²) in [7, 11) is 1.63. The first-order valence-corrected chi connectivity index (χ1v) is 12.3. The summed E-state index contributed by atoms with van der Waals surface area (Å²) >= 11 is 0. The molecule has 0 amide bonds. The van der Waals surface area contributed by atoms with Crippen LogP contribution in [0.2, 0.25) is 0 Å². The predicted molar refractivity (Wildman–Crippen MR) is 146 cm³/mol. The lowest BCUT2D eigenvalue weighted by Crippen LogP contribution is -2.36. The van der Waals surface area contributed by atoms with Gasteiger partial charge in [0.2, 0.25) is 0 Å². The smallest absolute Gasteiger partial charge is 0.261 e. The van der Waals surface area contributed by atoms with Gasteiger partial charge in [-0.2, -0.15) is 0 Å².